The Balaban J connectivity index is 1.60. The molecule has 0 unspecified atom stereocenters. The Morgan fingerprint density at radius 3 is 2.05 bits per heavy atom. The molecule has 0 aliphatic carbocycles. The van der Waals surface area contributed by atoms with Crippen molar-refractivity contribution in [2.24, 2.45) is 0 Å². The Morgan fingerprint density at radius 2 is 1.57 bits per heavy atom. The van der Waals surface area contributed by atoms with E-state index in [0.29, 0.717) is 31.5 Å². The monoisotopic (exact) mass is 528 g/mol. The molecule has 0 radical (unpaired) electrons. The predicted octanol–water partition coefficient (Wildman–Crippen LogP) is 5.06. The van der Waals surface area contributed by atoms with Crippen LogP contribution in [-0.4, -0.2) is 39.6 Å². The number of ether oxygens (including phenoxy) is 1. The Morgan fingerprint density at radius 1 is 0.973 bits per heavy atom. The molecule has 37 heavy (non-hydrogen) atoms. The van der Waals surface area contributed by atoms with Crippen LogP contribution in [0.5, 0.6) is 0 Å². The molecule has 0 amide bonds. The first kappa shape index (κ1) is 27.1. The number of benzene rings is 2. The van der Waals surface area contributed by atoms with Crippen LogP contribution in [0.4, 0.5) is 26.3 Å². The molecule has 6 nitrogen and oxygen atoms in total. The van der Waals surface area contributed by atoms with Gasteiger partial charge in [0.25, 0.3) is 0 Å². The van der Waals surface area contributed by atoms with E-state index in [-0.39, 0.29) is 24.8 Å². The van der Waals surface area contributed by atoms with Gasteiger partial charge in [-0.3, -0.25) is 0 Å². The van der Waals surface area contributed by atoms with Gasteiger partial charge in [0.2, 0.25) is 0 Å². The van der Waals surface area contributed by atoms with Gasteiger partial charge in [0.15, 0.2) is 0 Å². The molecule has 3 atom stereocenters. The second-order valence-electron chi connectivity index (χ2n) is 9.35. The van der Waals surface area contributed by atoms with Crippen molar-refractivity contribution in [1.82, 2.24) is 20.1 Å². The fourth-order valence-corrected chi connectivity index (χ4v) is 4.63. The van der Waals surface area contributed by atoms with Crippen LogP contribution in [0.1, 0.15) is 48.1 Å². The van der Waals surface area contributed by atoms with Gasteiger partial charge in [-0.2, -0.15) is 26.3 Å². The predicted molar refractivity (Wildman–Crippen MR) is 121 cm³/mol. The molecule has 2 aromatic carbocycles. The van der Waals surface area contributed by atoms with E-state index >= 15 is 0 Å². The molecule has 200 valence electrons. The molecule has 1 aromatic heterocycles. The average molecular weight is 528 g/mol. The lowest BCUT2D eigenvalue weighted by Gasteiger charge is -2.47. The number of aliphatic hydroxyl groups excluding tert-OH is 1. The minimum atomic E-state index is -4.94. The second kappa shape index (κ2) is 10.1. The van der Waals surface area contributed by atoms with Crippen molar-refractivity contribution in [3.63, 3.8) is 0 Å². The summed E-state index contributed by atoms with van der Waals surface area (Å²) in [5.74, 6) is 0. The van der Waals surface area contributed by atoms with E-state index in [9.17, 15) is 31.4 Å². The summed E-state index contributed by atoms with van der Waals surface area (Å²) >= 11 is 0. The van der Waals surface area contributed by atoms with E-state index in [1.54, 1.807) is 4.57 Å². The summed E-state index contributed by atoms with van der Waals surface area (Å²) in [5.41, 5.74) is -3.66. The van der Waals surface area contributed by atoms with Gasteiger partial charge in [-0.1, -0.05) is 30.3 Å². The van der Waals surface area contributed by atoms with E-state index in [4.69, 9.17) is 4.74 Å². The van der Waals surface area contributed by atoms with Gasteiger partial charge in [-0.05, 0) is 49.1 Å². The van der Waals surface area contributed by atoms with Crippen LogP contribution in [0.2, 0.25) is 0 Å². The number of hydrogen-bond acceptors (Lipinski definition) is 5. The highest BCUT2D eigenvalue weighted by atomic mass is 19.4. The summed E-state index contributed by atoms with van der Waals surface area (Å²) < 4.78 is 87.7. The minimum Gasteiger partial charge on any atom is -0.394 e. The molecule has 1 aliphatic heterocycles. The van der Waals surface area contributed by atoms with Crippen LogP contribution in [0, 0.1) is 0 Å². The normalized spacial score (nSPS) is 23.7. The number of aromatic nitrogens is 3. The van der Waals surface area contributed by atoms with E-state index in [1.165, 1.54) is 19.6 Å². The summed E-state index contributed by atoms with van der Waals surface area (Å²) in [7, 11) is 0. The van der Waals surface area contributed by atoms with Gasteiger partial charge in [-0.15, -0.1) is 10.2 Å². The van der Waals surface area contributed by atoms with Crippen molar-refractivity contribution in [3.8, 4) is 0 Å². The van der Waals surface area contributed by atoms with Gasteiger partial charge in [-0.25, -0.2) is 0 Å². The largest absolute Gasteiger partial charge is 0.416 e. The average Bonchev–Trinajstić information content (AvgIpc) is 3.43. The number of rotatable bonds is 7. The highest BCUT2D eigenvalue weighted by Crippen LogP contribution is 2.40. The second-order valence-corrected chi connectivity index (χ2v) is 9.35. The van der Waals surface area contributed by atoms with Crippen LogP contribution in [0.15, 0.2) is 61.2 Å². The van der Waals surface area contributed by atoms with Crippen molar-refractivity contribution < 1.29 is 36.2 Å². The maximum atomic E-state index is 13.3. The Labute approximate surface area is 209 Å². The fourth-order valence-electron chi connectivity index (χ4n) is 4.63. The maximum Gasteiger partial charge on any atom is 0.416 e. The molecule has 1 saturated heterocycles. The van der Waals surface area contributed by atoms with E-state index < -0.39 is 40.7 Å². The third-order valence-electron chi connectivity index (χ3n) is 7.02. The molecule has 0 spiro atoms. The molecule has 4 rings (SSSR count). The van der Waals surface area contributed by atoms with Gasteiger partial charge < -0.3 is 19.7 Å². The third kappa shape index (κ3) is 5.65. The van der Waals surface area contributed by atoms with Crippen molar-refractivity contribution in [2.75, 3.05) is 19.8 Å². The lowest BCUT2D eigenvalue weighted by atomic mass is 9.76. The first-order valence-corrected chi connectivity index (χ1v) is 11.6. The third-order valence-corrected chi connectivity index (χ3v) is 7.02. The first-order valence-electron chi connectivity index (χ1n) is 11.6. The number of nitrogens with one attached hydrogen (secondary N) is 1. The number of alkyl halides is 6. The maximum absolute atomic E-state index is 13.3. The van der Waals surface area contributed by atoms with Crippen LogP contribution in [0.3, 0.4) is 0 Å². The van der Waals surface area contributed by atoms with E-state index in [1.807, 2.05) is 30.3 Å². The van der Waals surface area contributed by atoms with Crippen molar-refractivity contribution in [2.45, 2.75) is 49.3 Å². The number of piperidine rings is 1. The Kier molecular flexibility index (Phi) is 7.37. The van der Waals surface area contributed by atoms with E-state index in [2.05, 4.69) is 15.5 Å². The number of aliphatic hydroxyl groups is 1. The van der Waals surface area contributed by atoms with Crippen LogP contribution in [0.25, 0.3) is 0 Å². The lowest BCUT2D eigenvalue weighted by molar-refractivity contribution is -0.143. The summed E-state index contributed by atoms with van der Waals surface area (Å²) in [6.45, 7) is 1.51. The van der Waals surface area contributed by atoms with Crippen LogP contribution < -0.4 is 5.32 Å². The van der Waals surface area contributed by atoms with Gasteiger partial charge in [0.1, 0.15) is 12.7 Å². The zero-order valence-corrected chi connectivity index (χ0v) is 19.9. The number of halogens is 6. The van der Waals surface area contributed by atoms with Crippen LogP contribution in [-0.2, 0) is 28.2 Å². The van der Waals surface area contributed by atoms with Crippen LogP contribution >= 0.6 is 0 Å². The highest BCUT2D eigenvalue weighted by Gasteiger charge is 2.45. The first-order chi connectivity index (χ1) is 17.4. The summed E-state index contributed by atoms with van der Waals surface area (Å²) in [5, 5.41) is 21.2. The molecule has 1 aliphatic rings. The molecular weight excluding hydrogens is 502 g/mol. The standard InChI is InChI=1S/C25H26F6N4O2/c1-17(18-9-20(24(26,27)28)11-21(10-18)25(29,30)31)37-14-23(19-5-3-2-4-6-19)8-7-22(13-36,12-32-23)35-15-33-34-16-35/h2-6,9-11,15-17,32,36H,7-8,12-14H2,1H3/t17-,22-,23-/m1/s1. The zero-order valence-electron chi connectivity index (χ0n) is 19.9. The summed E-state index contributed by atoms with van der Waals surface area (Å²) in [6.07, 6.45) is -6.98. The topological polar surface area (TPSA) is 72.2 Å². The van der Waals surface area contributed by atoms with E-state index in [0.717, 1.165) is 5.56 Å². The minimum absolute atomic E-state index is 0.0283. The molecule has 2 heterocycles. The molecule has 0 bridgehead atoms. The number of hydrogen-bond donors (Lipinski definition) is 2. The fraction of sp³-hybridized carbons (Fsp3) is 0.440. The van der Waals surface area contributed by atoms with Crippen molar-refractivity contribution >= 4 is 0 Å². The highest BCUT2D eigenvalue weighted by molar-refractivity contribution is 5.35. The van der Waals surface area contributed by atoms with Gasteiger partial charge in [0.05, 0.1) is 41.5 Å². The Bertz CT molecular complexity index is 1140. The smallest absolute Gasteiger partial charge is 0.394 e. The molecule has 1 fully saturated rings. The van der Waals surface area contributed by atoms with Gasteiger partial charge >= 0.3 is 12.4 Å². The SMILES string of the molecule is C[C@@H](OC[C@@]1(c2ccccc2)CC[C@@](CO)(n2cnnc2)CN1)c1cc(C(F)(F)F)cc(C(F)(F)F)c1. The zero-order chi connectivity index (χ0) is 26.9. The number of nitrogens with zero attached hydrogens (tertiary/aromatic N) is 3. The molecular formula is C25H26F6N4O2. The van der Waals surface area contributed by atoms with Crippen molar-refractivity contribution in [3.05, 3.63) is 83.4 Å². The molecule has 0 saturated carbocycles. The summed E-state index contributed by atoms with van der Waals surface area (Å²) in [6, 6.07) is 10.7. The Hall–Kier alpha value is -2.96. The summed E-state index contributed by atoms with van der Waals surface area (Å²) in [4.78, 5) is 0. The molecule has 3 aromatic rings. The molecule has 12 heteroatoms. The lowest BCUT2D eigenvalue weighted by Crippen LogP contribution is -2.60. The van der Waals surface area contributed by atoms with Crippen molar-refractivity contribution in [1.29, 1.82) is 0 Å². The van der Waals surface area contributed by atoms with Gasteiger partial charge in [0, 0.05) is 6.54 Å². The molecule has 2 N–H and O–H groups in total. The quantitative estimate of drug-likeness (QED) is 0.420.